The summed E-state index contributed by atoms with van der Waals surface area (Å²) < 4.78 is 5.23. The number of unbranched alkanes of at least 4 members (excludes halogenated alkanes) is 1. The van der Waals surface area contributed by atoms with Crippen LogP contribution in [0, 0.1) is 5.92 Å². The Balaban J connectivity index is 1.83. The fourth-order valence-corrected chi connectivity index (χ4v) is 1.95. The highest BCUT2D eigenvalue weighted by atomic mass is 16.5. The van der Waals surface area contributed by atoms with Crippen LogP contribution in [0.4, 0.5) is 0 Å². The maximum atomic E-state index is 5.23. The molecule has 1 N–H and O–H groups in total. The number of aromatic nitrogens is 2. The van der Waals surface area contributed by atoms with Gasteiger partial charge in [-0.15, -0.1) is 0 Å². The highest BCUT2D eigenvalue weighted by molar-refractivity contribution is 4.89. The van der Waals surface area contributed by atoms with Gasteiger partial charge < -0.3 is 9.84 Å². The maximum absolute atomic E-state index is 5.23. The number of rotatable bonds is 5. The zero-order valence-electron chi connectivity index (χ0n) is 9.33. The van der Waals surface area contributed by atoms with E-state index in [2.05, 4.69) is 22.4 Å². The van der Waals surface area contributed by atoms with Crippen LogP contribution in [0.3, 0.4) is 0 Å². The van der Waals surface area contributed by atoms with Gasteiger partial charge in [-0.3, -0.25) is 0 Å². The molecule has 1 aromatic heterocycles. The van der Waals surface area contributed by atoms with Gasteiger partial charge in [-0.05, 0) is 31.8 Å². The second-order valence-corrected chi connectivity index (χ2v) is 4.27. The van der Waals surface area contributed by atoms with Gasteiger partial charge in [0.15, 0.2) is 5.82 Å². The van der Waals surface area contributed by atoms with Gasteiger partial charge in [0.25, 0.3) is 0 Å². The molecule has 0 saturated carbocycles. The molecular formula is C11H19N3O. The Bertz CT molecular complexity index is 292. The van der Waals surface area contributed by atoms with Crippen LogP contribution in [0.25, 0.3) is 0 Å². The molecule has 0 aromatic carbocycles. The van der Waals surface area contributed by atoms with E-state index in [1.54, 1.807) is 0 Å². The van der Waals surface area contributed by atoms with Crippen molar-refractivity contribution in [2.24, 2.45) is 5.92 Å². The second kappa shape index (κ2) is 5.26. The van der Waals surface area contributed by atoms with Gasteiger partial charge >= 0.3 is 0 Å². The molecule has 1 aliphatic rings. The van der Waals surface area contributed by atoms with Gasteiger partial charge in [-0.25, -0.2) is 0 Å². The monoisotopic (exact) mass is 209 g/mol. The van der Waals surface area contributed by atoms with Crippen LogP contribution in [0.5, 0.6) is 0 Å². The molecule has 0 aliphatic carbocycles. The lowest BCUT2D eigenvalue weighted by Crippen LogP contribution is -2.10. The summed E-state index contributed by atoms with van der Waals surface area (Å²) in [6.45, 7) is 4.39. The Hall–Kier alpha value is -0.900. The molecule has 2 rings (SSSR count). The topological polar surface area (TPSA) is 51.0 Å². The summed E-state index contributed by atoms with van der Waals surface area (Å²) in [5.41, 5.74) is 0. The Morgan fingerprint density at radius 3 is 3.20 bits per heavy atom. The zero-order valence-corrected chi connectivity index (χ0v) is 9.33. The molecule has 0 bridgehead atoms. The van der Waals surface area contributed by atoms with Gasteiger partial charge in [0.2, 0.25) is 5.89 Å². The molecule has 1 fully saturated rings. The normalized spacial score (nSPS) is 21.0. The first kappa shape index (κ1) is 10.6. The van der Waals surface area contributed by atoms with E-state index in [-0.39, 0.29) is 0 Å². The summed E-state index contributed by atoms with van der Waals surface area (Å²) in [4.78, 5) is 4.41. The lowest BCUT2D eigenvalue weighted by Gasteiger charge is -2.01. The lowest BCUT2D eigenvalue weighted by molar-refractivity contribution is 0.353. The third kappa shape index (κ3) is 3.02. The summed E-state index contributed by atoms with van der Waals surface area (Å²) in [7, 11) is 0. The van der Waals surface area contributed by atoms with Crippen molar-refractivity contribution in [1.82, 2.24) is 15.5 Å². The molecule has 0 amide bonds. The van der Waals surface area contributed by atoms with Crippen molar-refractivity contribution in [2.75, 3.05) is 13.1 Å². The van der Waals surface area contributed by atoms with Gasteiger partial charge in [0.05, 0.1) is 0 Å². The molecule has 2 heterocycles. The number of aryl methyl sites for hydroxylation is 1. The standard InChI is InChI=1S/C11H19N3O/c1-2-3-4-10-13-11(15-14-10)7-9-5-6-12-8-9/h9,12H,2-8H2,1H3. The molecule has 84 valence electrons. The first-order valence-electron chi connectivity index (χ1n) is 5.90. The first-order valence-corrected chi connectivity index (χ1v) is 5.90. The van der Waals surface area contributed by atoms with E-state index in [0.717, 1.165) is 44.1 Å². The first-order chi connectivity index (χ1) is 7.38. The van der Waals surface area contributed by atoms with Crippen molar-refractivity contribution in [1.29, 1.82) is 0 Å². The lowest BCUT2D eigenvalue weighted by atomic mass is 10.1. The van der Waals surface area contributed by atoms with E-state index in [1.807, 2.05) is 0 Å². The predicted molar refractivity (Wildman–Crippen MR) is 57.6 cm³/mol. The van der Waals surface area contributed by atoms with Crippen molar-refractivity contribution in [2.45, 2.75) is 39.0 Å². The molecule has 0 spiro atoms. The summed E-state index contributed by atoms with van der Waals surface area (Å²) in [5.74, 6) is 2.37. The number of nitrogens with one attached hydrogen (secondary N) is 1. The Morgan fingerprint density at radius 2 is 2.47 bits per heavy atom. The third-order valence-corrected chi connectivity index (χ3v) is 2.89. The summed E-state index contributed by atoms with van der Waals surface area (Å²) >= 11 is 0. The molecule has 1 aliphatic heterocycles. The Kier molecular flexibility index (Phi) is 3.72. The van der Waals surface area contributed by atoms with Gasteiger partial charge in [0.1, 0.15) is 0 Å². The molecule has 1 saturated heterocycles. The summed E-state index contributed by atoms with van der Waals surface area (Å²) in [5, 5.41) is 7.33. The maximum Gasteiger partial charge on any atom is 0.226 e. The van der Waals surface area contributed by atoms with E-state index in [4.69, 9.17) is 4.52 Å². The predicted octanol–water partition coefficient (Wildman–Crippen LogP) is 1.56. The minimum atomic E-state index is 0.685. The average Bonchev–Trinajstić information content (AvgIpc) is 2.87. The van der Waals surface area contributed by atoms with Gasteiger partial charge in [-0.2, -0.15) is 4.98 Å². The number of hydrogen-bond donors (Lipinski definition) is 1. The highest BCUT2D eigenvalue weighted by Gasteiger charge is 2.18. The van der Waals surface area contributed by atoms with Crippen molar-refractivity contribution in [3.63, 3.8) is 0 Å². The second-order valence-electron chi connectivity index (χ2n) is 4.27. The van der Waals surface area contributed by atoms with E-state index in [0.29, 0.717) is 5.92 Å². The minimum absolute atomic E-state index is 0.685. The Labute approximate surface area is 90.4 Å². The van der Waals surface area contributed by atoms with E-state index >= 15 is 0 Å². The fourth-order valence-electron chi connectivity index (χ4n) is 1.95. The Morgan fingerprint density at radius 1 is 1.53 bits per heavy atom. The van der Waals surface area contributed by atoms with Crippen LogP contribution in [0.15, 0.2) is 4.52 Å². The smallest absolute Gasteiger partial charge is 0.226 e. The van der Waals surface area contributed by atoms with Gasteiger partial charge in [0, 0.05) is 12.8 Å². The summed E-state index contributed by atoms with van der Waals surface area (Å²) in [6, 6.07) is 0. The largest absolute Gasteiger partial charge is 0.339 e. The molecule has 4 nitrogen and oxygen atoms in total. The number of hydrogen-bond acceptors (Lipinski definition) is 4. The number of nitrogens with zero attached hydrogens (tertiary/aromatic N) is 2. The summed E-state index contributed by atoms with van der Waals surface area (Å²) in [6.07, 6.45) is 5.43. The fraction of sp³-hybridized carbons (Fsp3) is 0.818. The van der Waals surface area contributed by atoms with Crippen LogP contribution in [0.1, 0.15) is 37.9 Å². The average molecular weight is 209 g/mol. The molecule has 0 radical (unpaired) electrons. The third-order valence-electron chi connectivity index (χ3n) is 2.89. The molecule has 4 heteroatoms. The molecular weight excluding hydrogens is 190 g/mol. The van der Waals surface area contributed by atoms with Crippen LogP contribution in [0.2, 0.25) is 0 Å². The van der Waals surface area contributed by atoms with E-state index < -0.39 is 0 Å². The van der Waals surface area contributed by atoms with Gasteiger partial charge in [-0.1, -0.05) is 18.5 Å². The van der Waals surface area contributed by atoms with Crippen molar-refractivity contribution in [3.05, 3.63) is 11.7 Å². The van der Waals surface area contributed by atoms with Crippen LogP contribution >= 0.6 is 0 Å². The zero-order chi connectivity index (χ0) is 10.5. The molecule has 15 heavy (non-hydrogen) atoms. The quantitative estimate of drug-likeness (QED) is 0.799. The SMILES string of the molecule is CCCCc1noc(CC2CCNC2)n1. The van der Waals surface area contributed by atoms with Crippen molar-refractivity contribution < 1.29 is 4.52 Å². The van der Waals surface area contributed by atoms with Crippen molar-refractivity contribution >= 4 is 0 Å². The van der Waals surface area contributed by atoms with Crippen LogP contribution in [-0.4, -0.2) is 23.2 Å². The minimum Gasteiger partial charge on any atom is -0.339 e. The van der Waals surface area contributed by atoms with Crippen LogP contribution < -0.4 is 5.32 Å². The van der Waals surface area contributed by atoms with E-state index in [1.165, 1.54) is 12.8 Å². The van der Waals surface area contributed by atoms with Crippen LogP contribution in [-0.2, 0) is 12.8 Å². The van der Waals surface area contributed by atoms with Crippen molar-refractivity contribution in [3.8, 4) is 0 Å². The molecule has 1 atom stereocenters. The highest BCUT2D eigenvalue weighted by Crippen LogP contribution is 2.14. The van der Waals surface area contributed by atoms with E-state index in [9.17, 15) is 0 Å². The molecule has 1 unspecified atom stereocenters. The molecule has 1 aromatic rings.